The highest BCUT2D eigenvalue weighted by Crippen LogP contribution is 2.32. The molecule has 0 radical (unpaired) electrons. The molecule has 0 bridgehead atoms. The quantitative estimate of drug-likeness (QED) is 0.435. The molecule has 2 unspecified atom stereocenters. The lowest BCUT2D eigenvalue weighted by atomic mass is 9.93. The molecular formula is C15H16N4O8S2. The third-order valence-corrected chi connectivity index (χ3v) is 5.88. The summed E-state index contributed by atoms with van der Waals surface area (Å²) in [6, 6.07) is 3.96. The summed E-state index contributed by atoms with van der Waals surface area (Å²) < 4.78 is 63.9. The van der Waals surface area contributed by atoms with Crippen LogP contribution in [-0.2, 0) is 25.0 Å². The molecule has 2 atom stereocenters. The van der Waals surface area contributed by atoms with Crippen LogP contribution in [-0.4, -0.2) is 54.6 Å². The highest BCUT2D eigenvalue weighted by atomic mass is 32.2. The third kappa shape index (κ3) is 4.49. The number of amides is 1. The van der Waals surface area contributed by atoms with Gasteiger partial charge in [-0.05, 0) is 37.6 Å². The fourth-order valence-electron chi connectivity index (χ4n) is 2.63. The maximum Gasteiger partial charge on any atom is 0.296 e. The van der Waals surface area contributed by atoms with Crippen LogP contribution in [0.5, 0.6) is 0 Å². The van der Waals surface area contributed by atoms with Crippen LogP contribution in [0, 0.1) is 17.2 Å². The van der Waals surface area contributed by atoms with E-state index in [1.54, 1.807) is 13.0 Å². The average Bonchev–Trinajstić information content (AvgIpc) is 2.60. The van der Waals surface area contributed by atoms with Crippen molar-refractivity contribution in [1.82, 2.24) is 4.90 Å². The standard InChI is InChI=1S/C15H16N4O8S2/c1-3-19-14(20)10(7-16)8(2)13(15(19)21)18-17-11-5-4-9(28(22,23)24)6-12(11)29(25,26)27/h4-6,10,15,21H,3H2,1-2H3,(H,22,23,24)(H,25,26,27)/b18-17+. The van der Waals surface area contributed by atoms with Crippen molar-refractivity contribution in [2.24, 2.45) is 16.1 Å². The lowest BCUT2D eigenvalue weighted by Gasteiger charge is -2.34. The number of likely N-dealkylation sites (N-methyl/N-ethyl adjacent to an activating group) is 1. The van der Waals surface area contributed by atoms with Gasteiger partial charge < -0.3 is 10.0 Å². The first-order valence-electron chi connectivity index (χ1n) is 7.92. The van der Waals surface area contributed by atoms with E-state index in [4.69, 9.17) is 4.55 Å². The van der Waals surface area contributed by atoms with Crippen LogP contribution >= 0.6 is 0 Å². The van der Waals surface area contributed by atoms with Crippen LogP contribution in [0.15, 0.2) is 49.5 Å². The summed E-state index contributed by atoms with van der Waals surface area (Å²) >= 11 is 0. The molecule has 3 N–H and O–H groups in total. The van der Waals surface area contributed by atoms with Gasteiger partial charge in [-0.1, -0.05) is 0 Å². The van der Waals surface area contributed by atoms with Gasteiger partial charge >= 0.3 is 0 Å². The average molecular weight is 444 g/mol. The van der Waals surface area contributed by atoms with E-state index >= 15 is 0 Å². The Morgan fingerprint density at radius 3 is 2.28 bits per heavy atom. The predicted molar refractivity (Wildman–Crippen MR) is 95.8 cm³/mol. The Labute approximate surface area is 166 Å². The molecule has 12 nitrogen and oxygen atoms in total. The number of hydrogen-bond acceptors (Lipinski definition) is 9. The van der Waals surface area contributed by atoms with Gasteiger partial charge in [0.2, 0.25) is 5.91 Å². The predicted octanol–water partition coefficient (Wildman–Crippen LogP) is 0.858. The van der Waals surface area contributed by atoms with Gasteiger partial charge in [0.1, 0.15) is 22.2 Å². The summed E-state index contributed by atoms with van der Waals surface area (Å²) in [5, 5.41) is 26.9. The van der Waals surface area contributed by atoms with E-state index in [9.17, 15) is 36.6 Å². The Morgan fingerprint density at radius 1 is 1.17 bits per heavy atom. The number of nitrogens with zero attached hydrogens (tertiary/aromatic N) is 4. The Balaban J connectivity index is 2.62. The zero-order valence-electron chi connectivity index (χ0n) is 15.1. The summed E-state index contributed by atoms with van der Waals surface area (Å²) in [5.41, 5.74) is -0.583. The molecule has 0 fully saturated rings. The minimum Gasteiger partial charge on any atom is -0.368 e. The molecule has 2 rings (SSSR count). The van der Waals surface area contributed by atoms with Gasteiger partial charge in [0.25, 0.3) is 20.2 Å². The minimum atomic E-state index is -4.96. The molecule has 29 heavy (non-hydrogen) atoms. The third-order valence-electron chi connectivity index (χ3n) is 4.15. The highest BCUT2D eigenvalue weighted by Gasteiger charge is 2.38. The van der Waals surface area contributed by atoms with E-state index in [-0.39, 0.29) is 17.8 Å². The molecule has 1 amide bonds. The van der Waals surface area contributed by atoms with E-state index < -0.39 is 53.8 Å². The largest absolute Gasteiger partial charge is 0.368 e. The van der Waals surface area contributed by atoms with Crippen molar-refractivity contribution < 1.29 is 35.8 Å². The van der Waals surface area contributed by atoms with Gasteiger partial charge in [-0.2, -0.15) is 27.2 Å². The molecule has 1 aliphatic rings. The van der Waals surface area contributed by atoms with Crippen LogP contribution in [0.2, 0.25) is 0 Å². The molecule has 0 saturated carbocycles. The second-order valence-corrected chi connectivity index (χ2v) is 8.72. The first-order valence-corrected chi connectivity index (χ1v) is 10.8. The minimum absolute atomic E-state index is 0.0593. The van der Waals surface area contributed by atoms with E-state index in [0.717, 1.165) is 17.0 Å². The number of carbonyl (C=O) groups excluding carboxylic acids is 1. The van der Waals surface area contributed by atoms with Crippen LogP contribution in [0.3, 0.4) is 0 Å². The number of aliphatic hydroxyl groups is 1. The summed E-state index contributed by atoms with van der Waals surface area (Å²) in [7, 11) is -9.72. The molecule has 0 spiro atoms. The number of nitriles is 1. The molecule has 156 valence electrons. The number of azo groups is 1. The number of aliphatic hydroxyl groups excluding tert-OH is 1. The molecule has 14 heteroatoms. The van der Waals surface area contributed by atoms with Crippen molar-refractivity contribution in [2.45, 2.75) is 29.9 Å². The lowest BCUT2D eigenvalue weighted by Crippen LogP contribution is -2.48. The zero-order valence-corrected chi connectivity index (χ0v) is 16.7. The van der Waals surface area contributed by atoms with Crippen molar-refractivity contribution in [2.75, 3.05) is 6.54 Å². The van der Waals surface area contributed by atoms with E-state index in [2.05, 4.69) is 10.2 Å². The van der Waals surface area contributed by atoms with Gasteiger partial charge in [0, 0.05) is 6.54 Å². The van der Waals surface area contributed by atoms with Crippen LogP contribution in [0.25, 0.3) is 0 Å². The lowest BCUT2D eigenvalue weighted by molar-refractivity contribution is -0.142. The summed E-state index contributed by atoms with van der Waals surface area (Å²) in [6.45, 7) is 3.00. The van der Waals surface area contributed by atoms with Gasteiger partial charge in [-0.15, -0.1) is 5.11 Å². The van der Waals surface area contributed by atoms with Crippen LogP contribution < -0.4 is 0 Å². The molecule has 1 aromatic carbocycles. The molecule has 0 aromatic heterocycles. The van der Waals surface area contributed by atoms with Crippen LogP contribution in [0.1, 0.15) is 13.8 Å². The first-order chi connectivity index (χ1) is 13.3. The highest BCUT2D eigenvalue weighted by molar-refractivity contribution is 7.86. The van der Waals surface area contributed by atoms with Crippen molar-refractivity contribution in [1.29, 1.82) is 5.26 Å². The van der Waals surface area contributed by atoms with E-state index in [0.29, 0.717) is 6.07 Å². The van der Waals surface area contributed by atoms with Gasteiger partial charge in [0.15, 0.2) is 6.23 Å². The Hall–Kier alpha value is -2.70. The zero-order chi connectivity index (χ0) is 22.1. The smallest absolute Gasteiger partial charge is 0.296 e. The van der Waals surface area contributed by atoms with Crippen molar-refractivity contribution in [3.63, 3.8) is 0 Å². The number of carbonyl (C=O) groups is 1. The normalized spacial score (nSPS) is 21.0. The van der Waals surface area contributed by atoms with Crippen molar-refractivity contribution >= 4 is 31.8 Å². The first kappa shape index (κ1) is 22.6. The number of hydrogen-bond donors (Lipinski definition) is 3. The maximum absolute atomic E-state index is 12.2. The SMILES string of the molecule is CCN1C(=O)C(C#N)C(C)=C(/N=N/c2ccc(S(=O)(=O)O)cc2S(=O)(=O)O)C1O. The second kappa shape index (κ2) is 7.97. The van der Waals surface area contributed by atoms with Gasteiger partial charge in [0.05, 0.1) is 11.0 Å². The number of benzene rings is 1. The molecule has 1 aromatic rings. The van der Waals surface area contributed by atoms with Crippen molar-refractivity contribution in [3.8, 4) is 6.07 Å². The molecule has 0 aliphatic carbocycles. The van der Waals surface area contributed by atoms with E-state index in [1.807, 2.05) is 0 Å². The second-order valence-electron chi connectivity index (χ2n) is 5.91. The van der Waals surface area contributed by atoms with Crippen LogP contribution in [0.4, 0.5) is 5.69 Å². The molecule has 0 saturated heterocycles. The number of rotatable bonds is 5. The van der Waals surface area contributed by atoms with Gasteiger partial charge in [-0.25, -0.2) is 0 Å². The molecule has 1 heterocycles. The summed E-state index contributed by atoms with van der Waals surface area (Å²) in [5.74, 6) is -1.86. The van der Waals surface area contributed by atoms with E-state index in [1.165, 1.54) is 6.92 Å². The monoisotopic (exact) mass is 444 g/mol. The fraction of sp³-hybridized carbons (Fsp3) is 0.333. The Bertz CT molecular complexity index is 1170. The topological polar surface area (TPSA) is 198 Å². The molecular weight excluding hydrogens is 428 g/mol. The maximum atomic E-state index is 12.2. The Kier molecular flexibility index (Phi) is 6.21. The van der Waals surface area contributed by atoms with Crippen molar-refractivity contribution in [3.05, 3.63) is 29.5 Å². The fourth-order valence-corrected chi connectivity index (χ4v) is 3.86. The molecule has 1 aliphatic heterocycles. The summed E-state index contributed by atoms with van der Waals surface area (Å²) in [4.78, 5) is 11.4. The summed E-state index contributed by atoms with van der Waals surface area (Å²) in [6.07, 6.45) is -1.55. The Morgan fingerprint density at radius 2 is 1.79 bits per heavy atom. The van der Waals surface area contributed by atoms with Gasteiger partial charge in [-0.3, -0.25) is 13.9 Å².